The Labute approximate surface area is 123 Å². The summed E-state index contributed by atoms with van der Waals surface area (Å²) in [5.74, 6) is 0. The zero-order chi connectivity index (χ0) is 14.9. The SMILES string of the molecule is Cc1ccc(N)cc1S(=O)(=O)N(C)C(C)c1cccs1. The molecule has 0 bridgehead atoms. The number of anilines is 1. The van der Waals surface area contributed by atoms with Crippen LogP contribution in [0.3, 0.4) is 0 Å². The van der Waals surface area contributed by atoms with Crippen molar-refractivity contribution < 1.29 is 8.42 Å². The van der Waals surface area contributed by atoms with Crippen molar-refractivity contribution >= 4 is 27.0 Å². The summed E-state index contributed by atoms with van der Waals surface area (Å²) < 4.78 is 26.8. The third-order valence-corrected chi connectivity index (χ3v) is 6.48. The molecule has 1 atom stereocenters. The van der Waals surface area contributed by atoms with Crippen molar-refractivity contribution in [2.24, 2.45) is 0 Å². The fourth-order valence-electron chi connectivity index (χ4n) is 1.97. The normalized spacial score (nSPS) is 13.6. The number of hydrogen-bond acceptors (Lipinski definition) is 4. The lowest BCUT2D eigenvalue weighted by molar-refractivity contribution is 0.402. The Bertz CT molecular complexity index is 694. The van der Waals surface area contributed by atoms with Gasteiger partial charge in [-0.3, -0.25) is 0 Å². The van der Waals surface area contributed by atoms with Gasteiger partial charge in [0.1, 0.15) is 0 Å². The van der Waals surface area contributed by atoms with Crippen LogP contribution in [-0.2, 0) is 10.0 Å². The molecule has 1 heterocycles. The molecule has 108 valence electrons. The van der Waals surface area contributed by atoms with E-state index in [1.54, 1.807) is 37.4 Å². The van der Waals surface area contributed by atoms with Gasteiger partial charge in [-0.2, -0.15) is 4.31 Å². The first kappa shape index (κ1) is 15.0. The van der Waals surface area contributed by atoms with E-state index in [1.807, 2.05) is 24.4 Å². The van der Waals surface area contributed by atoms with Crippen molar-refractivity contribution in [1.82, 2.24) is 4.31 Å². The maximum Gasteiger partial charge on any atom is 0.243 e. The van der Waals surface area contributed by atoms with Gasteiger partial charge in [-0.1, -0.05) is 12.1 Å². The molecule has 1 aromatic carbocycles. The lowest BCUT2D eigenvalue weighted by Crippen LogP contribution is -2.30. The zero-order valence-corrected chi connectivity index (χ0v) is 13.3. The predicted octanol–water partition coefficient (Wildman–Crippen LogP) is 3.02. The van der Waals surface area contributed by atoms with Crippen LogP contribution in [0, 0.1) is 6.92 Å². The summed E-state index contributed by atoms with van der Waals surface area (Å²) in [6.07, 6.45) is 0. The molecule has 0 saturated carbocycles. The maximum atomic E-state index is 12.7. The second-order valence-corrected chi connectivity index (χ2v) is 7.68. The molecular weight excluding hydrogens is 292 g/mol. The average molecular weight is 310 g/mol. The van der Waals surface area contributed by atoms with Crippen LogP contribution in [0.2, 0.25) is 0 Å². The molecule has 0 amide bonds. The highest BCUT2D eigenvalue weighted by molar-refractivity contribution is 7.89. The highest BCUT2D eigenvalue weighted by atomic mass is 32.2. The third-order valence-electron chi connectivity index (χ3n) is 3.37. The average Bonchev–Trinajstić information content (AvgIpc) is 2.93. The van der Waals surface area contributed by atoms with Crippen LogP contribution in [0.15, 0.2) is 40.6 Å². The smallest absolute Gasteiger partial charge is 0.243 e. The Morgan fingerprint density at radius 3 is 2.60 bits per heavy atom. The molecule has 2 rings (SSSR count). The minimum atomic E-state index is -3.56. The minimum absolute atomic E-state index is 0.208. The Morgan fingerprint density at radius 1 is 1.30 bits per heavy atom. The number of benzene rings is 1. The molecule has 1 unspecified atom stereocenters. The molecule has 0 radical (unpaired) electrons. The number of sulfonamides is 1. The van der Waals surface area contributed by atoms with Gasteiger partial charge in [0.25, 0.3) is 0 Å². The van der Waals surface area contributed by atoms with E-state index in [0.717, 1.165) is 4.88 Å². The van der Waals surface area contributed by atoms with E-state index >= 15 is 0 Å². The fourth-order valence-corrected chi connectivity index (χ4v) is 4.46. The summed E-state index contributed by atoms with van der Waals surface area (Å²) in [5, 5.41) is 1.94. The van der Waals surface area contributed by atoms with E-state index in [2.05, 4.69) is 0 Å². The predicted molar refractivity (Wildman–Crippen MR) is 83.3 cm³/mol. The first-order valence-electron chi connectivity index (χ1n) is 6.21. The van der Waals surface area contributed by atoms with Gasteiger partial charge >= 0.3 is 0 Å². The molecule has 0 saturated heterocycles. The number of thiophene rings is 1. The van der Waals surface area contributed by atoms with Gasteiger partial charge in [0.2, 0.25) is 10.0 Å². The molecule has 0 aliphatic heterocycles. The Kier molecular flexibility index (Phi) is 4.17. The van der Waals surface area contributed by atoms with Gasteiger partial charge in [0.15, 0.2) is 0 Å². The van der Waals surface area contributed by atoms with Gasteiger partial charge in [-0.05, 0) is 43.0 Å². The van der Waals surface area contributed by atoms with Gasteiger partial charge in [0.05, 0.1) is 10.9 Å². The Balaban J connectivity index is 2.42. The fraction of sp³-hybridized carbons (Fsp3) is 0.286. The Hall–Kier alpha value is -1.37. The standard InChI is InChI=1S/C14H18N2O2S2/c1-10-6-7-12(15)9-14(10)20(17,18)16(3)11(2)13-5-4-8-19-13/h4-9,11H,15H2,1-3H3. The van der Waals surface area contributed by atoms with Gasteiger partial charge in [-0.15, -0.1) is 11.3 Å². The molecule has 0 spiro atoms. The number of aryl methyl sites for hydroxylation is 1. The number of nitrogens with zero attached hydrogens (tertiary/aromatic N) is 1. The summed E-state index contributed by atoms with van der Waals surface area (Å²) in [4.78, 5) is 1.28. The topological polar surface area (TPSA) is 63.4 Å². The molecule has 2 N–H and O–H groups in total. The van der Waals surface area contributed by atoms with Crippen molar-refractivity contribution in [3.8, 4) is 0 Å². The van der Waals surface area contributed by atoms with Crippen LogP contribution in [0.5, 0.6) is 0 Å². The van der Waals surface area contributed by atoms with Crippen LogP contribution in [-0.4, -0.2) is 19.8 Å². The van der Waals surface area contributed by atoms with Gasteiger partial charge in [-0.25, -0.2) is 8.42 Å². The van der Waals surface area contributed by atoms with Crippen LogP contribution in [0.25, 0.3) is 0 Å². The van der Waals surface area contributed by atoms with Crippen LogP contribution in [0.1, 0.15) is 23.4 Å². The van der Waals surface area contributed by atoms with Crippen LogP contribution in [0.4, 0.5) is 5.69 Å². The minimum Gasteiger partial charge on any atom is -0.399 e. The van der Waals surface area contributed by atoms with E-state index in [4.69, 9.17) is 5.73 Å². The first-order chi connectivity index (χ1) is 9.34. The lowest BCUT2D eigenvalue weighted by atomic mass is 10.2. The van der Waals surface area contributed by atoms with Crippen molar-refractivity contribution in [3.63, 3.8) is 0 Å². The van der Waals surface area contributed by atoms with Crippen molar-refractivity contribution in [2.45, 2.75) is 24.8 Å². The molecule has 20 heavy (non-hydrogen) atoms. The lowest BCUT2D eigenvalue weighted by Gasteiger charge is -2.24. The second kappa shape index (κ2) is 5.55. The van der Waals surface area contributed by atoms with Gasteiger partial charge < -0.3 is 5.73 Å². The molecule has 2 aromatic rings. The van der Waals surface area contributed by atoms with Crippen molar-refractivity contribution in [3.05, 3.63) is 46.2 Å². The number of nitrogens with two attached hydrogens (primary N) is 1. The largest absolute Gasteiger partial charge is 0.399 e. The van der Waals surface area contributed by atoms with E-state index in [9.17, 15) is 8.42 Å². The quantitative estimate of drug-likeness (QED) is 0.883. The number of nitrogen functional groups attached to an aromatic ring is 1. The molecule has 0 aliphatic rings. The van der Waals surface area contributed by atoms with Crippen molar-refractivity contribution in [1.29, 1.82) is 0 Å². The first-order valence-corrected chi connectivity index (χ1v) is 8.53. The highest BCUT2D eigenvalue weighted by Crippen LogP contribution is 2.30. The Morgan fingerprint density at radius 2 is 2.00 bits per heavy atom. The van der Waals surface area contributed by atoms with Crippen molar-refractivity contribution in [2.75, 3.05) is 12.8 Å². The van der Waals surface area contributed by atoms with Crippen LogP contribution >= 0.6 is 11.3 Å². The monoisotopic (exact) mass is 310 g/mol. The van der Waals surface area contributed by atoms with Crippen LogP contribution < -0.4 is 5.73 Å². The second-order valence-electron chi connectivity index (χ2n) is 4.74. The maximum absolute atomic E-state index is 12.7. The third kappa shape index (κ3) is 2.72. The molecule has 4 nitrogen and oxygen atoms in total. The summed E-state index contributed by atoms with van der Waals surface area (Å²) in [6.45, 7) is 3.65. The number of hydrogen-bond donors (Lipinski definition) is 1. The molecule has 1 aromatic heterocycles. The molecule has 0 aliphatic carbocycles. The number of rotatable bonds is 4. The van der Waals surface area contributed by atoms with E-state index in [0.29, 0.717) is 11.3 Å². The molecule has 0 fully saturated rings. The summed E-state index contributed by atoms with van der Waals surface area (Å²) in [5.41, 5.74) is 6.86. The summed E-state index contributed by atoms with van der Waals surface area (Å²) >= 11 is 1.55. The molecular formula is C14H18N2O2S2. The van der Waals surface area contributed by atoms with E-state index < -0.39 is 10.0 Å². The van der Waals surface area contributed by atoms with E-state index in [-0.39, 0.29) is 10.9 Å². The highest BCUT2D eigenvalue weighted by Gasteiger charge is 2.28. The van der Waals surface area contributed by atoms with Gasteiger partial charge in [0, 0.05) is 17.6 Å². The summed E-state index contributed by atoms with van der Waals surface area (Å²) in [7, 11) is -1.96. The zero-order valence-electron chi connectivity index (χ0n) is 11.7. The summed E-state index contributed by atoms with van der Waals surface area (Å²) in [6, 6.07) is 8.60. The molecule has 6 heteroatoms. The van der Waals surface area contributed by atoms with E-state index in [1.165, 1.54) is 10.4 Å².